The highest BCUT2D eigenvalue weighted by Crippen LogP contribution is 2.58. The highest BCUT2D eigenvalue weighted by atomic mass is 79.9. The largest absolute Gasteiger partial charge is 0.0654 e. The van der Waals surface area contributed by atoms with Crippen molar-refractivity contribution in [3.63, 3.8) is 0 Å². The lowest BCUT2D eigenvalue weighted by atomic mass is 9.69. The molecule has 6 aromatic rings. The van der Waals surface area contributed by atoms with Gasteiger partial charge in [-0.05, 0) is 153 Å². The van der Waals surface area contributed by atoms with Crippen molar-refractivity contribution in [3.05, 3.63) is 140 Å². The van der Waals surface area contributed by atoms with Gasteiger partial charge in [-0.3, -0.25) is 0 Å². The van der Waals surface area contributed by atoms with Crippen LogP contribution in [-0.4, -0.2) is 0 Å². The Hall–Kier alpha value is -3.20. The molecule has 0 saturated carbocycles. The van der Waals surface area contributed by atoms with E-state index in [2.05, 4.69) is 183 Å². The molecule has 0 amide bonds. The SMILES string of the molecule is CC(C)CCC1(CCC(C)C)c2cc(Br)ccc2-c2cc3ccccc3cc21.CCCCC1(CCCC)c2cc(Br)ccc2-c2ccc3ccccc3c21. The number of hydrogen-bond acceptors (Lipinski definition) is 0. The lowest BCUT2D eigenvalue weighted by molar-refractivity contribution is 0.364. The minimum atomic E-state index is 0.132. The molecule has 2 aliphatic rings. The summed E-state index contributed by atoms with van der Waals surface area (Å²) in [5.41, 5.74) is 12.3. The first-order valence-corrected chi connectivity index (χ1v) is 22.4. The zero-order valence-corrected chi connectivity index (χ0v) is 36.5. The zero-order chi connectivity index (χ0) is 38.0. The molecule has 0 radical (unpaired) electrons. The van der Waals surface area contributed by atoms with Crippen molar-refractivity contribution >= 4 is 53.4 Å². The molecule has 2 aliphatic carbocycles. The van der Waals surface area contributed by atoms with E-state index in [9.17, 15) is 0 Å². The summed E-state index contributed by atoms with van der Waals surface area (Å²) in [5.74, 6) is 1.44. The molecule has 6 aromatic carbocycles. The third kappa shape index (κ3) is 7.28. The van der Waals surface area contributed by atoms with Crippen LogP contribution in [0, 0.1) is 11.8 Å². The predicted molar refractivity (Wildman–Crippen MR) is 243 cm³/mol. The topological polar surface area (TPSA) is 0 Å². The molecule has 0 spiro atoms. The summed E-state index contributed by atoms with van der Waals surface area (Å²) in [5, 5.41) is 5.53. The summed E-state index contributed by atoms with van der Waals surface area (Å²) >= 11 is 7.51. The van der Waals surface area contributed by atoms with Gasteiger partial charge in [0.25, 0.3) is 0 Å². The molecule has 0 fully saturated rings. The predicted octanol–water partition coefficient (Wildman–Crippen LogP) is 17.0. The first kappa shape index (κ1) is 39.1. The van der Waals surface area contributed by atoms with Gasteiger partial charge < -0.3 is 0 Å². The van der Waals surface area contributed by atoms with Crippen molar-refractivity contribution in [1.29, 1.82) is 0 Å². The highest BCUT2D eigenvalue weighted by Gasteiger charge is 2.44. The van der Waals surface area contributed by atoms with E-state index < -0.39 is 0 Å². The lowest BCUT2D eigenvalue weighted by Gasteiger charge is -2.34. The van der Waals surface area contributed by atoms with E-state index >= 15 is 0 Å². The Morgan fingerprint density at radius 1 is 0.463 bits per heavy atom. The van der Waals surface area contributed by atoms with Crippen LogP contribution in [0.1, 0.15) is 128 Å². The van der Waals surface area contributed by atoms with Gasteiger partial charge in [0.05, 0.1) is 0 Å². The molecule has 0 N–H and O–H groups in total. The van der Waals surface area contributed by atoms with Gasteiger partial charge in [0.1, 0.15) is 0 Å². The van der Waals surface area contributed by atoms with Crippen LogP contribution < -0.4 is 0 Å². The maximum atomic E-state index is 3.77. The van der Waals surface area contributed by atoms with Crippen LogP contribution in [0.3, 0.4) is 0 Å². The number of unbranched alkanes of at least 4 members (excludes halogenated alkanes) is 2. The fraction of sp³-hybridized carbons (Fsp3) is 0.385. The fourth-order valence-corrected chi connectivity index (χ4v) is 10.5. The molecule has 54 heavy (non-hydrogen) atoms. The summed E-state index contributed by atoms with van der Waals surface area (Å²) < 4.78 is 2.40. The standard InChI is InChI=1S/C27H31Br.C25H27Br/c1-18(2)11-13-27(14-12-19(3)4)25-16-21-8-6-5-7-20(21)15-24(25)23-10-9-22(28)17-26(23)27;1-3-5-15-25(16-6-4-2)23-17-19(26)12-14-21(23)22-13-11-18-9-7-8-10-20(18)24(22)25/h5-10,15-19H,11-14H2,1-4H3;7-14,17H,3-6,15-16H2,1-2H3. The minimum Gasteiger partial charge on any atom is -0.0654 e. The molecule has 2 heteroatoms. The summed E-state index contributed by atoms with van der Waals surface area (Å²) in [6.07, 6.45) is 12.5. The van der Waals surface area contributed by atoms with Crippen LogP contribution in [0.5, 0.6) is 0 Å². The van der Waals surface area contributed by atoms with Crippen LogP contribution in [0.25, 0.3) is 43.8 Å². The quantitative estimate of drug-likeness (QED) is 0.115. The van der Waals surface area contributed by atoms with Gasteiger partial charge in [0.15, 0.2) is 0 Å². The zero-order valence-electron chi connectivity index (χ0n) is 33.4. The van der Waals surface area contributed by atoms with E-state index in [1.807, 2.05) is 0 Å². The van der Waals surface area contributed by atoms with Crippen molar-refractivity contribution in [3.8, 4) is 22.3 Å². The average molecular weight is 843 g/mol. The second-order valence-corrected chi connectivity index (χ2v) is 18.9. The monoisotopic (exact) mass is 840 g/mol. The van der Waals surface area contributed by atoms with Gasteiger partial charge in [0.2, 0.25) is 0 Å². The van der Waals surface area contributed by atoms with Gasteiger partial charge in [-0.2, -0.15) is 0 Å². The Labute approximate surface area is 342 Å². The Bertz CT molecular complexity index is 2240. The third-order valence-corrected chi connectivity index (χ3v) is 13.6. The summed E-state index contributed by atoms with van der Waals surface area (Å²) in [4.78, 5) is 0. The molecule has 0 nitrogen and oxygen atoms in total. The van der Waals surface area contributed by atoms with Crippen LogP contribution in [-0.2, 0) is 10.8 Å². The molecule has 0 saturated heterocycles. The maximum Gasteiger partial charge on any atom is 0.0221 e. The molecule has 0 heterocycles. The lowest BCUT2D eigenvalue weighted by Crippen LogP contribution is -2.26. The smallest absolute Gasteiger partial charge is 0.0221 e. The van der Waals surface area contributed by atoms with E-state index in [1.165, 1.54) is 123 Å². The van der Waals surface area contributed by atoms with E-state index in [0.717, 1.165) is 11.8 Å². The number of hydrogen-bond donors (Lipinski definition) is 0. The number of fused-ring (bicyclic) bond motifs is 9. The summed E-state index contributed by atoms with van der Waals surface area (Å²) in [6.45, 7) is 14.0. The van der Waals surface area contributed by atoms with Crippen molar-refractivity contribution in [1.82, 2.24) is 0 Å². The van der Waals surface area contributed by atoms with Crippen LogP contribution in [0.15, 0.2) is 118 Å². The van der Waals surface area contributed by atoms with Crippen LogP contribution in [0.2, 0.25) is 0 Å². The Kier molecular flexibility index (Phi) is 11.9. The molecular weight excluding hydrogens is 784 g/mol. The van der Waals surface area contributed by atoms with Crippen molar-refractivity contribution in [2.24, 2.45) is 11.8 Å². The summed E-state index contributed by atoms with van der Waals surface area (Å²) in [7, 11) is 0. The van der Waals surface area contributed by atoms with Crippen LogP contribution >= 0.6 is 31.9 Å². The van der Waals surface area contributed by atoms with Crippen molar-refractivity contribution < 1.29 is 0 Å². The molecular formula is C52H58Br2. The van der Waals surface area contributed by atoms with Crippen molar-refractivity contribution in [2.75, 3.05) is 0 Å². The minimum absolute atomic E-state index is 0.132. The Morgan fingerprint density at radius 2 is 0.944 bits per heavy atom. The van der Waals surface area contributed by atoms with E-state index in [4.69, 9.17) is 0 Å². The van der Waals surface area contributed by atoms with E-state index in [0.29, 0.717) is 0 Å². The van der Waals surface area contributed by atoms with E-state index in [-0.39, 0.29) is 10.8 Å². The second-order valence-electron chi connectivity index (χ2n) is 17.1. The number of benzene rings is 6. The third-order valence-electron chi connectivity index (χ3n) is 12.6. The molecule has 0 unspecified atom stereocenters. The van der Waals surface area contributed by atoms with Crippen molar-refractivity contribution in [2.45, 2.75) is 117 Å². The van der Waals surface area contributed by atoms with Gasteiger partial charge in [-0.15, -0.1) is 0 Å². The van der Waals surface area contributed by atoms with Gasteiger partial charge in [-0.25, -0.2) is 0 Å². The normalized spacial score (nSPS) is 14.6. The summed E-state index contributed by atoms with van der Waals surface area (Å²) in [6, 6.07) is 41.3. The molecule has 0 aromatic heterocycles. The van der Waals surface area contributed by atoms with Crippen LogP contribution in [0.4, 0.5) is 0 Å². The fourth-order valence-electron chi connectivity index (χ4n) is 9.78. The maximum absolute atomic E-state index is 3.77. The van der Waals surface area contributed by atoms with Gasteiger partial charge >= 0.3 is 0 Å². The Balaban J connectivity index is 0.000000167. The molecule has 8 rings (SSSR count). The van der Waals surface area contributed by atoms with E-state index in [1.54, 1.807) is 16.7 Å². The number of halogens is 2. The van der Waals surface area contributed by atoms with Gasteiger partial charge in [0, 0.05) is 19.8 Å². The molecule has 0 aliphatic heterocycles. The van der Waals surface area contributed by atoms with Gasteiger partial charge in [-0.1, -0.05) is 172 Å². The highest BCUT2D eigenvalue weighted by molar-refractivity contribution is 9.10. The second kappa shape index (κ2) is 16.5. The molecule has 0 atom stereocenters. The number of rotatable bonds is 12. The molecule has 280 valence electrons. The molecule has 0 bridgehead atoms. The Morgan fingerprint density at radius 3 is 1.52 bits per heavy atom. The average Bonchev–Trinajstić information content (AvgIpc) is 3.59. The first-order chi connectivity index (χ1) is 26.1. The first-order valence-electron chi connectivity index (χ1n) is 20.8.